The second-order valence-electron chi connectivity index (χ2n) is 3.91. The molecule has 0 fully saturated rings. The molecule has 0 aliphatic carbocycles. The summed E-state index contributed by atoms with van der Waals surface area (Å²) in [5.41, 5.74) is 2.42. The highest BCUT2D eigenvalue weighted by molar-refractivity contribution is 9.10. The fourth-order valence-corrected chi connectivity index (χ4v) is 2.37. The summed E-state index contributed by atoms with van der Waals surface area (Å²) in [6.07, 6.45) is 0. The van der Waals surface area contributed by atoms with Crippen LogP contribution >= 0.6 is 39.1 Å². The van der Waals surface area contributed by atoms with Crippen LogP contribution in [0.4, 0.5) is 5.69 Å². The third-order valence-corrected chi connectivity index (χ3v) is 4.09. The molecule has 96 valence electrons. The van der Waals surface area contributed by atoms with Crippen LogP contribution in [0.25, 0.3) is 0 Å². The van der Waals surface area contributed by atoms with Gasteiger partial charge in [0.05, 0.1) is 27.4 Å². The third kappa shape index (κ3) is 3.63. The maximum absolute atomic E-state index is 8.77. The first-order valence-corrected chi connectivity index (χ1v) is 7.02. The monoisotopic (exact) mass is 354 g/mol. The van der Waals surface area contributed by atoms with Gasteiger partial charge in [0.2, 0.25) is 0 Å². The van der Waals surface area contributed by atoms with Crippen molar-refractivity contribution in [1.29, 1.82) is 5.26 Å². The first-order chi connectivity index (χ1) is 9.10. The third-order valence-electron chi connectivity index (χ3n) is 2.57. The number of anilines is 1. The summed E-state index contributed by atoms with van der Waals surface area (Å²) in [7, 11) is 0. The molecule has 19 heavy (non-hydrogen) atoms. The molecule has 2 aromatic carbocycles. The lowest BCUT2D eigenvalue weighted by molar-refractivity contribution is 1.15. The van der Waals surface area contributed by atoms with Crippen LogP contribution in [0.3, 0.4) is 0 Å². The minimum atomic E-state index is 0.534. The van der Waals surface area contributed by atoms with E-state index < -0.39 is 0 Å². The molecule has 2 aromatic rings. The molecule has 0 radical (unpaired) electrons. The summed E-state index contributed by atoms with van der Waals surface area (Å²) in [5, 5.41) is 13.2. The quantitative estimate of drug-likeness (QED) is 0.817. The molecule has 0 bridgehead atoms. The van der Waals surface area contributed by atoms with Gasteiger partial charge in [0.25, 0.3) is 0 Å². The highest BCUT2D eigenvalue weighted by atomic mass is 79.9. The zero-order valence-corrected chi connectivity index (χ0v) is 12.9. The predicted octanol–water partition coefficient (Wildman–Crippen LogP) is 5.24. The van der Waals surface area contributed by atoms with Crippen LogP contribution in [0.5, 0.6) is 0 Å². The lowest BCUT2D eigenvalue weighted by atomic mass is 10.2. The zero-order chi connectivity index (χ0) is 13.8. The van der Waals surface area contributed by atoms with Gasteiger partial charge in [-0.05, 0) is 51.8 Å². The Labute approximate surface area is 130 Å². The molecule has 0 atom stereocenters. The Morgan fingerprint density at radius 2 is 1.89 bits per heavy atom. The number of halogens is 3. The molecular formula is C14H9BrCl2N2. The van der Waals surface area contributed by atoms with Gasteiger partial charge < -0.3 is 5.32 Å². The highest BCUT2D eigenvalue weighted by Gasteiger charge is 2.03. The summed E-state index contributed by atoms with van der Waals surface area (Å²) >= 11 is 15.4. The summed E-state index contributed by atoms with van der Waals surface area (Å²) in [6.45, 7) is 0.626. The number of rotatable bonds is 3. The summed E-state index contributed by atoms with van der Waals surface area (Å²) in [6, 6.07) is 12.9. The van der Waals surface area contributed by atoms with Crippen LogP contribution in [-0.2, 0) is 6.54 Å². The van der Waals surface area contributed by atoms with Crippen molar-refractivity contribution in [2.45, 2.75) is 6.54 Å². The fraction of sp³-hybridized carbons (Fsp3) is 0.0714. The number of hydrogen-bond acceptors (Lipinski definition) is 2. The van der Waals surface area contributed by atoms with E-state index in [-0.39, 0.29) is 0 Å². The largest absolute Gasteiger partial charge is 0.380 e. The predicted molar refractivity (Wildman–Crippen MR) is 82.6 cm³/mol. The zero-order valence-electron chi connectivity index (χ0n) is 9.75. The smallest absolute Gasteiger partial charge is 0.0992 e. The maximum atomic E-state index is 8.77. The Hall–Kier alpha value is -1.21. The number of hydrogen-bond donors (Lipinski definition) is 1. The van der Waals surface area contributed by atoms with Gasteiger partial charge in [0, 0.05) is 11.0 Å². The van der Waals surface area contributed by atoms with Crippen molar-refractivity contribution in [3.05, 3.63) is 62.0 Å². The second kappa shape index (κ2) is 6.29. The van der Waals surface area contributed by atoms with E-state index in [1.807, 2.05) is 24.3 Å². The van der Waals surface area contributed by atoms with Crippen molar-refractivity contribution in [2.24, 2.45) is 0 Å². The molecule has 0 aliphatic heterocycles. The van der Waals surface area contributed by atoms with Crippen LogP contribution in [-0.4, -0.2) is 0 Å². The minimum Gasteiger partial charge on any atom is -0.380 e. The molecule has 0 aromatic heterocycles. The number of nitriles is 1. The summed E-state index contributed by atoms with van der Waals surface area (Å²) < 4.78 is 0.861. The minimum absolute atomic E-state index is 0.534. The van der Waals surface area contributed by atoms with Gasteiger partial charge >= 0.3 is 0 Å². The first kappa shape index (κ1) is 14.2. The molecule has 0 spiro atoms. The summed E-state index contributed by atoms with van der Waals surface area (Å²) in [4.78, 5) is 0. The lowest BCUT2D eigenvalue weighted by Gasteiger charge is -2.09. The summed E-state index contributed by atoms with van der Waals surface area (Å²) in [5.74, 6) is 0. The van der Waals surface area contributed by atoms with Gasteiger partial charge in [-0.3, -0.25) is 0 Å². The molecule has 2 rings (SSSR count). The van der Waals surface area contributed by atoms with E-state index in [2.05, 4.69) is 21.2 Å². The molecule has 1 N–H and O–H groups in total. The van der Waals surface area contributed by atoms with Crippen molar-refractivity contribution in [3.63, 3.8) is 0 Å². The van der Waals surface area contributed by atoms with Crippen molar-refractivity contribution in [1.82, 2.24) is 0 Å². The van der Waals surface area contributed by atoms with Gasteiger partial charge in [0.15, 0.2) is 0 Å². The van der Waals surface area contributed by atoms with Gasteiger partial charge in [-0.2, -0.15) is 5.26 Å². The molecule has 5 heteroatoms. The van der Waals surface area contributed by atoms with Crippen LogP contribution in [0.2, 0.25) is 10.0 Å². The molecule has 0 saturated heterocycles. The molecule has 0 saturated carbocycles. The Morgan fingerprint density at radius 1 is 1.11 bits per heavy atom. The van der Waals surface area contributed by atoms with Gasteiger partial charge in [-0.1, -0.05) is 29.3 Å². The van der Waals surface area contributed by atoms with E-state index in [1.165, 1.54) is 0 Å². The molecule has 2 nitrogen and oxygen atoms in total. The van der Waals surface area contributed by atoms with E-state index in [4.69, 9.17) is 28.5 Å². The van der Waals surface area contributed by atoms with Gasteiger partial charge in [-0.25, -0.2) is 0 Å². The molecule has 0 heterocycles. The van der Waals surface area contributed by atoms with Crippen molar-refractivity contribution < 1.29 is 0 Å². The number of nitrogens with zero attached hydrogens (tertiary/aromatic N) is 1. The van der Waals surface area contributed by atoms with E-state index in [1.54, 1.807) is 18.2 Å². The Kier molecular flexibility index (Phi) is 4.71. The number of benzene rings is 2. The van der Waals surface area contributed by atoms with E-state index in [9.17, 15) is 0 Å². The second-order valence-corrected chi connectivity index (χ2v) is 5.58. The van der Waals surface area contributed by atoms with Crippen molar-refractivity contribution in [3.8, 4) is 6.07 Å². The van der Waals surface area contributed by atoms with Gasteiger partial charge in [0.1, 0.15) is 0 Å². The Bertz CT molecular complexity index is 650. The Morgan fingerprint density at radius 3 is 2.53 bits per heavy atom. The van der Waals surface area contributed by atoms with Crippen LogP contribution < -0.4 is 5.32 Å². The fourth-order valence-electron chi connectivity index (χ4n) is 1.57. The van der Waals surface area contributed by atoms with E-state index in [0.29, 0.717) is 22.2 Å². The number of nitrogens with one attached hydrogen (secondary N) is 1. The average molecular weight is 356 g/mol. The van der Waals surface area contributed by atoms with Crippen LogP contribution in [0, 0.1) is 11.3 Å². The van der Waals surface area contributed by atoms with Crippen LogP contribution in [0.1, 0.15) is 11.1 Å². The molecule has 0 aliphatic rings. The van der Waals surface area contributed by atoms with Crippen molar-refractivity contribution in [2.75, 3.05) is 5.32 Å². The molecule has 0 amide bonds. The van der Waals surface area contributed by atoms with E-state index in [0.717, 1.165) is 15.7 Å². The average Bonchev–Trinajstić information content (AvgIpc) is 2.41. The lowest BCUT2D eigenvalue weighted by Crippen LogP contribution is -2.00. The van der Waals surface area contributed by atoms with Crippen LogP contribution in [0.15, 0.2) is 40.9 Å². The highest BCUT2D eigenvalue weighted by Crippen LogP contribution is 2.26. The first-order valence-electron chi connectivity index (χ1n) is 5.47. The topological polar surface area (TPSA) is 35.8 Å². The van der Waals surface area contributed by atoms with E-state index >= 15 is 0 Å². The standard InChI is InChI=1S/C14H9BrCl2N2/c15-11-5-10(1-3-12(11)16)8-19-14-4-2-9(7-18)6-13(14)17/h1-6,19H,8H2. The normalized spacial score (nSPS) is 10.0. The van der Waals surface area contributed by atoms with Gasteiger partial charge in [-0.15, -0.1) is 0 Å². The maximum Gasteiger partial charge on any atom is 0.0992 e. The molecular weight excluding hydrogens is 347 g/mol. The van der Waals surface area contributed by atoms with Crippen molar-refractivity contribution >= 4 is 44.8 Å². The molecule has 0 unspecified atom stereocenters. The SMILES string of the molecule is N#Cc1ccc(NCc2ccc(Cl)c(Br)c2)c(Cl)c1. The Balaban J connectivity index is 2.10.